The van der Waals surface area contributed by atoms with E-state index in [1.165, 1.54) is 19.3 Å². The summed E-state index contributed by atoms with van der Waals surface area (Å²) in [6.45, 7) is 0.643. The Morgan fingerprint density at radius 1 is 1.00 bits per heavy atom. The number of carbonyl (C=O) groups excluding carboxylic acids is 1. The van der Waals surface area contributed by atoms with E-state index >= 15 is 0 Å². The fourth-order valence-electron chi connectivity index (χ4n) is 4.39. The van der Waals surface area contributed by atoms with Gasteiger partial charge < -0.3 is 10.0 Å². The maximum Gasteiger partial charge on any atom is 0.326 e. The number of likely N-dealkylation sites (tertiary alicyclic amines) is 1. The van der Waals surface area contributed by atoms with Gasteiger partial charge in [0, 0.05) is 12.5 Å². The molecule has 2 bridgehead atoms. The Morgan fingerprint density at radius 2 is 1.84 bits per heavy atom. The minimum Gasteiger partial charge on any atom is -0.480 e. The van der Waals surface area contributed by atoms with Crippen LogP contribution in [0.25, 0.3) is 0 Å². The first-order valence-electron chi connectivity index (χ1n) is 7.70. The zero-order valence-electron chi connectivity index (χ0n) is 11.4. The van der Waals surface area contributed by atoms with Crippen molar-refractivity contribution >= 4 is 11.9 Å². The fraction of sp³-hybridized carbons (Fsp3) is 0.867. The van der Waals surface area contributed by atoms with Gasteiger partial charge in [0.25, 0.3) is 0 Å². The largest absolute Gasteiger partial charge is 0.480 e. The fourth-order valence-corrected chi connectivity index (χ4v) is 4.39. The lowest BCUT2D eigenvalue weighted by Crippen LogP contribution is -2.48. The van der Waals surface area contributed by atoms with Crippen LogP contribution < -0.4 is 0 Å². The Hall–Kier alpha value is -1.06. The number of aliphatic carboxylic acids is 1. The summed E-state index contributed by atoms with van der Waals surface area (Å²) in [5.41, 5.74) is 0. The highest BCUT2D eigenvalue weighted by atomic mass is 16.4. The molecule has 1 N–H and O–H groups in total. The highest BCUT2D eigenvalue weighted by molar-refractivity contribution is 5.85. The zero-order valence-corrected chi connectivity index (χ0v) is 11.4. The summed E-state index contributed by atoms with van der Waals surface area (Å²) in [6, 6.07) is -0.575. The van der Waals surface area contributed by atoms with Crippen molar-refractivity contribution < 1.29 is 14.7 Å². The number of carboxylic acids is 1. The molecule has 3 rings (SSSR count). The Bertz CT molecular complexity index is 382. The molecule has 2 saturated carbocycles. The average Bonchev–Trinajstić information content (AvgIpc) is 2.92. The summed E-state index contributed by atoms with van der Waals surface area (Å²) in [7, 11) is 0. The zero-order chi connectivity index (χ0) is 13.4. The molecule has 1 heterocycles. The molecule has 1 amide bonds. The van der Waals surface area contributed by atoms with Crippen LogP contribution in [0, 0.1) is 17.8 Å². The number of fused-ring (bicyclic) bond motifs is 2. The van der Waals surface area contributed by atoms with E-state index in [2.05, 4.69) is 0 Å². The SMILES string of the molecule is O=C(O)C1CCCCCN1C(=O)C1CC2CCC1C2. The molecule has 0 aromatic rings. The molecule has 3 aliphatic rings. The van der Waals surface area contributed by atoms with Crippen LogP contribution in [0.2, 0.25) is 0 Å². The second kappa shape index (κ2) is 5.14. The van der Waals surface area contributed by atoms with Gasteiger partial charge in [-0.15, -0.1) is 0 Å². The van der Waals surface area contributed by atoms with Gasteiger partial charge in [-0.05, 0) is 43.9 Å². The molecule has 106 valence electrons. The predicted octanol–water partition coefficient (Wildman–Crippen LogP) is 2.28. The van der Waals surface area contributed by atoms with Crippen LogP contribution >= 0.6 is 0 Å². The van der Waals surface area contributed by atoms with Gasteiger partial charge in [0.15, 0.2) is 0 Å². The van der Waals surface area contributed by atoms with Gasteiger partial charge in [0.05, 0.1) is 0 Å². The van der Waals surface area contributed by atoms with E-state index in [0.29, 0.717) is 18.9 Å². The third kappa shape index (κ3) is 2.37. The van der Waals surface area contributed by atoms with Gasteiger partial charge in [-0.3, -0.25) is 4.79 Å². The number of amides is 1. The van der Waals surface area contributed by atoms with E-state index in [4.69, 9.17) is 0 Å². The lowest BCUT2D eigenvalue weighted by molar-refractivity contribution is -0.152. The van der Waals surface area contributed by atoms with Gasteiger partial charge in [0.1, 0.15) is 6.04 Å². The summed E-state index contributed by atoms with van der Waals surface area (Å²) < 4.78 is 0. The summed E-state index contributed by atoms with van der Waals surface area (Å²) in [6.07, 6.45) is 8.21. The minimum absolute atomic E-state index is 0.124. The molecule has 2 aliphatic carbocycles. The Balaban J connectivity index is 1.74. The van der Waals surface area contributed by atoms with E-state index in [9.17, 15) is 14.7 Å². The van der Waals surface area contributed by atoms with Gasteiger partial charge in [0.2, 0.25) is 5.91 Å². The summed E-state index contributed by atoms with van der Waals surface area (Å²) in [5.74, 6) is 0.711. The van der Waals surface area contributed by atoms with Crippen LogP contribution in [0.15, 0.2) is 0 Å². The first-order chi connectivity index (χ1) is 9.16. The summed E-state index contributed by atoms with van der Waals surface area (Å²) in [5, 5.41) is 9.36. The number of hydrogen-bond acceptors (Lipinski definition) is 2. The predicted molar refractivity (Wildman–Crippen MR) is 70.5 cm³/mol. The van der Waals surface area contributed by atoms with Crippen LogP contribution in [0.3, 0.4) is 0 Å². The van der Waals surface area contributed by atoms with Crippen LogP contribution in [-0.2, 0) is 9.59 Å². The molecule has 4 heteroatoms. The number of nitrogens with zero attached hydrogens (tertiary/aromatic N) is 1. The van der Waals surface area contributed by atoms with E-state index < -0.39 is 12.0 Å². The second-order valence-electron chi connectivity index (χ2n) is 6.52. The highest BCUT2D eigenvalue weighted by Crippen LogP contribution is 2.49. The standard InChI is InChI=1S/C15H23NO3/c17-14(12-9-10-5-6-11(12)8-10)16-7-3-1-2-4-13(16)15(18)19/h10-13H,1-9H2,(H,18,19). The second-order valence-corrected chi connectivity index (χ2v) is 6.52. The monoisotopic (exact) mass is 265 g/mol. The molecule has 0 spiro atoms. The molecule has 19 heavy (non-hydrogen) atoms. The Kier molecular flexibility index (Phi) is 3.50. The van der Waals surface area contributed by atoms with Crippen LogP contribution in [0.5, 0.6) is 0 Å². The van der Waals surface area contributed by atoms with Crippen molar-refractivity contribution in [3.8, 4) is 0 Å². The molecule has 0 aromatic heterocycles. The smallest absolute Gasteiger partial charge is 0.326 e. The normalized spacial score (nSPS) is 38.2. The van der Waals surface area contributed by atoms with Crippen molar-refractivity contribution in [2.24, 2.45) is 17.8 Å². The molecule has 1 saturated heterocycles. The van der Waals surface area contributed by atoms with Crippen molar-refractivity contribution in [3.63, 3.8) is 0 Å². The van der Waals surface area contributed by atoms with Crippen molar-refractivity contribution in [2.75, 3.05) is 6.54 Å². The first-order valence-corrected chi connectivity index (χ1v) is 7.70. The number of hydrogen-bond donors (Lipinski definition) is 1. The number of carboxylic acid groups (broad SMARTS) is 1. The van der Waals surface area contributed by atoms with Crippen molar-refractivity contribution in [2.45, 2.75) is 57.4 Å². The lowest BCUT2D eigenvalue weighted by atomic mass is 9.87. The third-order valence-electron chi connectivity index (χ3n) is 5.38. The Morgan fingerprint density at radius 3 is 2.47 bits per heavy atom. The molecule has 4 atom stereocenters. The quantitative estimate of drug-likeness (QED) is 0.833. The maximum atomic E-state index is 12.7. The van der Waals surface area contributed by atoms with Crippen molar-refractivity contribution in [1.82, 2.24) is 4.90 Å². The molecular formula is C15H23NO3. The van der Waals surface area contributed by atoms with Crippen LogP contribution in [0.1, 0.15) is 51.4 Å². The third-order valence-corrected chi connectivity index (χ3v) is 5.38. The maximum absolute atomic E-state index is 12.7. The molecular weight excluding hydrogens is 242 g/mol. The summed E-state index contributed by atoms with van der Waals surface area (Å²) in [4.78, 5) is 25.8. The van der Waals surface area contributed by atoms with Crippen molar-refractivity contribution in [3.05, 3.63) is 0 Å². The average molecular weight is 265 g/mol. The molecule has 1 aliphatic heterocycles. The topological polar surface area (TPSA) is 57.6 Å². The highest BCUT2D eigenvalue weighted by Gasteiger charge is 2.46. The van der Waals surface area contributed by atoms with Gasteiger partial charge >= 0.3 is 5.97 Å². The van der Waals surface area contributed by atoms with E-state index in [1.807, 2.05) is 0 Å². The molecule has 4 unspecified atom stereocenters. The minimum atomic E-state index is -0.821. The van der Waals surface area contributed by atoms with Crippen LogP contribution in [-0.4, -0.2) is 34.5 Å². The summed E-state index contributed by atoms with van der Waals surface area (Å²) >= 11 is 0. The molecule has 0 aromatic carbocycles. The van der Waals surface area contributed by atoms with Crippen LogP contribution in [0.4, 0.5) is 0 Å². The molecule has 0 radical (unpaired) electrons. The molecule has 4 nitrogen and oxygen atoms in total. The number of rotatable bonds is 2. The van der Waals surface area contributed by atoms with Gasteiger partial charge in [-0.2, -0.15) is 0 Å². The van der Waals surface area contributed by atoms with Gasteiger partial charge in [-0.1, -0.05) is 19.3 Å². The van der Waals surface area contributed by atoms with Gasteiger partial charge in [-0.25, -0.2) is 4.79 Å². The molecule has 3 fully saturated rings. The Labute approximate surface area is 114 Å². The lowest BCUT2D eigenvalue weighted by Gasteiger charge is -2.32. The van der Waals surface area contributed by atoms with E-state index in [1.54, 1.807) is 4.90 Å². The van der Waals surface area contributed by atoms with Crippen molar-refractivity contribution in [1.29, 1.82) is 0 Å². The van der Waals surface area contributed by atoms with E-state index in [-0.39, 0.29) is 11.8 Å². The first kappa shape index (κ1) is 12.9. The number of carbonyl (C=O) groups is 2. The van der Waals surface area contributed by atoms with E-state index in [0.717, 1.165) is 31.6 Å².